The fourth-order valence-electron chi connectivity index (χ4n) is 4.18. The number of hydrogen-bond acceptors (Lipinski definition) is 5. The van der Waals surface area contributed by atoms with E-state index in [1.165, 1.54) is 23.0 Å². The maximum atomic E-state index is 13.6. The molecule has 1 aliphatic carbocycles. The van der Waals surface area contributed by atoms with Gasteiger partial charge in [0.25, 0.3) is 0 Å². The van der Waals surface area contributed by atoms with Gasteiger partial charge in [0.15, 0.2) is 0 Å². The molecular formula is C21H17F2N5O2. The number of benzene rings is 1. The van der Waals surface area contributed by atoms with Gasteiger partial charge in [-0.1, -0.05) is 0 Å². The first-order valence-electron chi connectivity index (χ1n) is 9.70. The average Bonchev–Trinajstić information content (AvgIpc) is 3.24. The number of hydrogen-bond donors (Lipinski definition) is 0. The van der Waals surface area contributed by atoms with E-state index in [0.29, 0.717) is 48.5 Å². The van der Waals surface area contributed by atoms with Gasteiger partial charge in [-0.2, -0.15) is 10.4 Å². The Morgan fingerprint density at radius 1 is 1.17 bits per heavy atom. The quantitative estimate of drug-likeness (QED) is 0.661. The van der Waals surface area contributed by atoms with Crippen molar-refractivity contribution in [1.82, 2.24) is 19.3 Å². The molecule has 0 bridgehead atoms. The number of fused-ring (bicyclic) bond motifs is 1. The molecule has 0 N–H and O–H groups in total. The number of rotatable bonds is 4. The van der Waals surface area contributed by atoms with Crippen LogP contribution >= 0.6 is 0 Å². The molecule has 0 amide bonds. The van der Waals surface area contributed by atoms with Gasteiger partial charge in [0.1, 0.15) is 23.6 Å². The Hall–Kier alpha value is -3.54. The normalized spacial score (nSPS) is 22.2. The maximum absolute atomic E-state index is 13.6. The molecule has 0 unspecified atom stereocenters. The molecule has 0 spiro atoms. The molecule has 3 aromatic rings. The lowest BCUT2D eigenvalue weighted by molar-refractivity contribution is 0.0584. The van der Waals surface area contributed by atoms with Gasteiger partial charge < -0.3 is 4.74 Å². The van der Waals surface area contributed by atoms with Crippen LogP contribution < -0.4 is 10.4 Å². The molecular weight excluding hydrogens is 392 g/mol. The molecule has 1 aliphatic heterocycles. The summed E-state index contributed by atoms with van der Waals surface area (Å²) in [4.78, 5) is 17.1. The fourth-order valence-corrected chi connectivity index (χ4v) is 4.18. The average molecular weight is 409 g/mol. The minimum Gasteiger partial charge on any atom is -0.474 e. The van der Waals surface area contributed by atoms with Crippen LogP contribution in [0.1, 0.15) is 48.3 Å². The predicted octanol–water partition coefficient (Wildman–Crippen LogP) is 2.91. The Labute approximate surface area is 170 Å². The summed E-state index contributed by atoms with van der Waals surface area (Å²) >= 11 is 0. The largest absolute Gasteiger partial charge is 0.474 e. The highest BCUT2D eigenvalue weighted by molar-refractivity contribution is 5.31. The highest BCUT2D eigenvalue weighted by atomic mass is 19.1. The van der Waals surface area contributed by atoms with Crippen molar-refractivity contribution in [2.45, 2.75) is 43.9 Å². The number of aromatic nitrogens is 4. The first-order chi connectivity index (χ1) is 14.5. The molecule has 3 heterocycles. The Kier molecular flexibility index (Phi) is 4.35. The lowest BCUT2D eigenvalue weighted by Crippen LogP contribution is -2.41. The Morgan fingerprint density at radius 2 is 1.93 bits per heavy atom. The van der Waals surface area contributed by atoms with Gasteiger partial charge in [0.05, 0.1) is 23.7 Å². The maximum Gasteiger partial charge on any atom is 0.346 e. The first-order valence-corrected chi connectivity index (χ1v) is 9.70. The molecule has 1 atom stereocenters. The molecule has 7 nitrogen and oxygen atoms in total. The number of pyridine rings is 1. The second-order valence-electron chi connectivity index (χ2n) is 7.63. The topological polar surface area (TPSA) is 85.7 Å². The molecule has 1 saturated carbocycles. The zero-order chi connectivity index (χ0) is 20.8. The second kappa shape index (κ2) is 7.06. The molecule has 1 fully saturated rings. The van der Waals surface area contributed by atoms with Crippen LogP contribution in [0.3, 0.4) is 0 Å². The standard InChI is InChI=1S/C21H17F2N5O2/c22-14-6-13(7-15(23)8-14)18-1-2-19-26-28(21(29)27(18)19)16-9-17(10-16)30-20-5-12(11-24)3-4-25-20/h3-8,16-18H,1-2,9-10H2/t16-,17-,18-/m0/s1. The minimum absolute atomic E-state index is 0.107. The van der Waals surface area contributed by atoms with E-state index in [1.807, 2.05) is 6.07 Å². The summed E-state index contributed by atoms with van der Waals surface area (Å²) in [5.41, 5.74) is 0.633. The SMILES string of the molecule is N#Cc1ccnc(O[C@H]2C[C@H](n3nc4n(c3=O)[C@H](c3cc(F)cc(F)c3)CC4)C2)c1. The van der Waals surface area contributed by atoms with E-state index in [9.17, 15) is 13.6 Å². The van der Waals surface area contributed by atoms with Crippen molar-refractivity contribution < 1.29 is 13.5 Å². The molecule has 9 heteroatoms. The summed E-state index contributed by atoms with van der Waals surface area (Å²) in [7, 11) is 0. The van der Waals surface area contributed by atoms with Gasteiger partial charge in [0.2, 0.25) is 5.88 Å². The van der Waals surface area contributed by atoms with Gasteiger partial charge >= 0.3 is 5.69 Å². The zero-order valence-corrected chi connectivity index (χ0v) is 15.8. The van der Waals surface area contributed by atoms with Crippen LogP contribution in [-0.4, -0.2) is 25.4 Å². The van der Waals surface area contributed by atoms with E-state index in [-0.39, 0.29) is 17.8 Å². The Bertz CT molecular complexity index is 1200. The van der Waals surface area contributed by atoms with Gasteiger partial charge in [-0.15, -0.1) is 0 Å². The third-order valence-corrected chi connectivity index (χ3v) is 5.69. The molecule has 152 valence electrons. The molecule has 0 radical (unpaired) electrons. The lowest BCUT2D eigenvalue weighted by atomic mass is 9.89. The molecule has 2 aliphatic rings. The number of nitriles is 1. The van der Waals surface area contributed by atoms with E-state index >= 15 is 0 Å². The van der Waals surface area contributed by atoms with Gasteiger partial charge in [-0.25, -0.2) is 23.2 Å². The fraction of sp³-hybridized carbons (Fsp3) is 0.333. The van der Waals surface area contributed by atoms with E-state index < -0.39 is 17.7 Å². The van der Waals surface area contributed by atoms with Crippen molar-refractivity contribution in [2.24, 2.45) is 0 Å². The second-order valence-corrected chi connectivity index (χ2v) is 7.63. The number of ether oxygens (including phenoxy) is 1. The summed E-state index contributed by atoms with van der Waals surface area (Å²) in [6, 6.07) is 8.04. The van der Waals surface area contributed by atoms with Crippen LogP contribution in [0.4, 0.5) is 8.78 Å². The van der Waals surface area contributed by atoms with Crippen molar-refractivity contribution in [1.29, 1.82) is 5.26 Å². The molecule has 1 aromatic carbocycles. The zero-order valence-electron chi connectivity index (χ0n) is 15.8. The van der Waals surface area contributed by atoms with Crippen LogP contribution in [-0.2, 0) is 6.42 Å². The number of nitrogens with zero attached hydrogens (tertiary/aromatic N) is 5. The van der Waals surface area contributed by atoms with Crippen LogP contribution in [0.2, 0.25) is 0 Å². The smallest absolute Gasteiger partial charge is 0.346 e. The van der Waals surface area contributed by atoms with Crippen LogP contribution in [0.25, 0.3) is 0 Å². The summed E-state index contributed by atoms with van der Waals surface area (Å²) in [5, 5.41) is 13.4. The lowest BCUT2D eigenvalue weighted by Gasteiger charge is -2.34. The Morgan fingerprint density at radius 3 is 2.67 bits per heavy atom. The highest BCUT2D eigenvalue weighted by Crippen LogP contribution is 2.36. The molecule has 2 aromatic heterocycles. The van der Waals surface area contributed by atoms with E-state index in [1.54, 1.807) is 16.7 Å². The Balaban J connectivity index is 1.32. The predicted molar refractivity (Wildman–Crippen MR) is 101 cm³/mol. The van der Waals surface area contributed by atoms with Crippen molar-refractivity contribution in [3.8, 4) is 11.9 Å². The molecule has 5 rings (SSSR count). The molecule has 30 heavy (non-hydrogen) atoms. The van der Waals surface area contributed by atoms with Crippen molar-refractivity contribution in [2.75, 3.05) is 0 Å². The van der Waals surface area contributed by atoms with Crippen molar-refractivity contribution in [3.63, 3.8) is 0 Å². The first kappa shape index (κ1) is 18.5. The summed E-state index contributed by atoms with van der Waals surface area (Å²) in [6.07, 6.45) is 3.74. The van der Waals surface area contributed by atoms with Crippen LogP contribution in [0, 0.1) is 23.0 Å². The summed E-state index contributed by atoms with van der Waals surface area (Å²) < 4.78 is 36.1. The number of aryl methyl sites for hydroxylation is 1. The third kappa shape index (κ3) is 3.14. The van der Waals surface area contributed by atoms with E-state index in [0.717, 1.165) is 6.07 Å². The summed E-state index contributed by atoms with van der Waals surface area (Å²) in [5.74, 6) is -0.313. The number of halogens is 2. The third-order valence-electron chi connectivity index (χ3n) is 5.69. The van der Waals surface area contributed by atoms with Crippen molar-refractivity contribution in [3.05, 3.63) is 75.6 Å². The van der Waals surface area contributed by atoms with Gasteiger partial charge in [-0.05, 0) is 30.2 Å². The summed E-state index contributed by atoms with van der Waals surface area (Å²) in [6.45, 7) is 0. The van der Waals surface area contributed by atoms with E-state index in [4.69, 9.17) is 10.00 Å². The van der Waals surface area contributed by atoms with Crippen LogP contribution in [0.15, 0.2) is 41.3 Å². The van der Waals surface area contributed by atoms with Gasteiger partial charge in [-0.3, -0.25) is 4.57 Å². The monoisotopic (exact) mass is 409 g/mol. The van der Waals surface area contributed by atoms with E-state index in [2.05, 4.69) is 10.1 Å². The molecule has 0 saturated heterocycles. The van der Waals surface area contributed by atoms with Crippen molar-refractivity contribution >= 4 is 0 Å². The van der Waals surface area contributed by atoms with Crippen LogP contribution in [0.5, 0.6) is 5.88 Å². The minimum atomic E-state index is -0.660. The van der Waals surface area contributed by atoms with Gasteiger partial charge in [0, 0.05) is 37.6 Å². The highest BCUT2D eigenvalue weighted by Gasteiger charge is 2.38.